The first kappa shape index (κ1) is 14.2. The summed E-state index contributed by atoms with van der Waals surface area (Å²) >= 11 is 0. The van der Waals surface area contributed by atoms with Gasteiger partial charge in [0, 0.05) is 0 Å². The predicted molar refractivity (Wildman–Crippen MR) is 52.6 cm³/mol. The lowest BCUT2D eigenvalue weighted by atomic mass is 10.0. The Hall–Kier alpha value is -0.780. The third kappa shape index (κ3) is 3.37. The summed E-state index contributed by atoms with van der Waals surface area (Å²) in [5.41, 5.74) is 5.14. The summed E-state index contributed by atoms with van der Waals surface area (Å²) in [6, 6.07) is 2.94. The van der Waals surface area contributed by atoms with Gasteiger partial charge in [-0.05, 0) is 17.7 Å². The molecule has 2 nitrogen and oxygen atoms in total. The van der Waals surface area contributed by atoms with E-state index in [1.54, 1.807) is 0 Å². The number of halogens is 4. The molecule has 0 spiro atoms. The number of aliphatic hydroxyl groups excluding tert-OH is 1. The van der Waals surface area contributed by atoms with Crippen molar-refractivity contribution in [3.63, 3.8) is 0 Å². The Bertz CT molecular complexity index is 322. The van der Waals surface area contributed by atoms with Crippen molar-refractivity contribution >= 4 is 12.4 Å². The molecule has 0 saturated heterocycles. The van der Waals surface area contributed by atoms with Crippen LogP contribution in [0.5, 0.6) is 0 Å². The van der Waals surface area contributed by atoms with Crippen molar-refractivity contribution in [3.05, 3.63) is 35.6 Å². The number of benzene rings is 1. The van der Waals surface area contributed by atoms with E-state index in [-0.39, 0.29) is 18.0 Å². The van der Waals surface area contributed by atoms with Gasteiger partial charge in [0.25, 0.3) is 5.92 Å². The Labute approximate surface area is 91.3 Å². The minimum atomic E-state index is -3.44. The SMILES string of the molecule is Cl.N[C@@H](c1cccc(F)c1)C(F)(F)CO. The van der Waals surface area contributed by atoms with Crippen molar-refractivity contribution in [2.24, 2.45) is 5.73 Å². The lowest BCUT2D eigenvalue weighted by Gasteiger charge is -2.21. The summed E-state index contributed by atoms with van der Waals surface area (Å²) in [6.07, 6.45) is 0. The molecule has 0 aliphatic heterocycles. The number of rotatable bonds is 3. The molecule has 0 amide bonds. The van der Waals surface area contributed by atoms with Crippen molar-refractivity contribution in [1.82, 2.24) is 0 Å². The third-order valence-electron chi connectivity index (χ3n) is 1.87. The highest BCUT2D eigenvalue weighted by molar-refractivity contribution is 5.85. The zero-order valence-electron chi connectivity index (χ0n) is 7.66. The molecule has 0 aliphatic rings. The molecule has 0 bridgehead atoms. The molecule has 1 aromatic carbocycles. The van der Waals surface area contributed by atoms with Crippen LogP contribution in [0.2, 0.25) is 0 Å². The van der Waals surface area contributed by atoms with Gasteiger partial charge in [0.15, 0.2) is 0 Å². The average molecular weight is 242 g/mol. The number of hydrogen-bond donors (Lipinski definition) is 2. The van der Waals surface area contributed by atoms with E-state index in [4.69, 9.17) is 10.8 Å². The highest BCUT2D eigenvalue weighted by Crippen LogP contribution is 2.28. The molecule has 0 unspecified atom stereocenters. The fourth-order valence-electron chi connectivity index (χ4n) is 1.04. The zero-order valence-corrected chi connectivity index (χ0v) is 8.48. The molecule has 1 atom stereocenters. The molecule has 0 saturated carbocycles. The van der Waals surface area contributed by atoms with Gasteiger partial charge >= 0.3 is 0 Å². The van der Waals surface area contributed by atoms with E-state index >= 15 is 0 Å². The molecular weight excluding hydrogens is 231 g/mol. The van der Waals surface area contributed by atoms with Crippen LogP contribution in [-0.4, -0.2) is 17.6 Å². The summed E-state index contributed by atoms with van der Waals surface area (Å²) < 4.78 is 38.4. The van der Waals surface area contributed by atoms with Crippen molar-refractivity contribution in [2.45, 2.75) is 12.0 Å². The third-order valence-corrected chi connectivity index (χ3v) is 1.87. The van der Waals surface area contributed by atoms with E-state index in [1.165, 1.54) is 12.1 Å². The van der Waals surface area contributed by atoms with Crippen molar-refractivity contribution in [2.75, 3.05) is 6.61 Å². The minimum Gasteiger partial charge on any atom is -0.390 e. The van der Waals surface area contributed by atoms with Crippen LogP contribution >= 0.6 is 12.4 Å². The summed E-state index contributed by atoms with van der Waals surface area (Å²) in [6.45, 7) is -1.36. The highest BCUT2D eigenvalue weighted by atomic mass is 35.5. The van der Waals surface area contributed by atoms with Crippen LogP contribution in [0, 0.1) is 5.82 Å². The van der Waals surface area contributed by atoms with E-state index in [0.717, 1.165) is 12.1 Å². The van der Waals surface area contributed by atoms with Gasteiger partial charge in [0.2, 0.25) is 0 Å². The number of hydrogen-bond acceptors (Lipinski definition) is 2. The fraction of sp³-hybridized carbons (Fsp3) is 0.333. The van der Waals surface area contributed by atoms with Gasteiger partial charge < -0.3 is 10.8 Å². The molecule has 0 fully saturated rings. The van der Waals surface area contributed by atoms with Gasteiger partial charge in [-0.25, -0.2) is 13.2 Å². The van der Waals surface area contributed by atoms with Gasteiger partial charge in [-0.15, -0.1) is 12.4 Å². The van der Waals surface area contributed by atoms with Gasteiger partial charge in [-0.2, -0.15) is 0 Å². The summed E-state index contributed by atoms with van der Waals surface area (Å²) in [7, 11) is 0. The summed E-state index contributed by atoms with van der Waals surface area (Å²) in [5, 5.41) is 8.37. The van der Waals surface area contributed by atoms with Crippen molar-refractivity contribution in [3.8, 4) is 0 Å². The first-order chi connectivity index (χ1) is 6.47. The van der Waals surface area contributed by atoms with Gasteiger partial charge in [-0.1, -0.05) is 12.1 Å². The molecule has 0 aliphatic carbocycles. The largest absolute Gasteiger partial charge is 0.390 e. The van der Waals surface area contributed by atoms with Crippen molar-refractivity contribution < 1.29 is 18.3 Å². The molecular formula is C9H11ClF3NO. The number of nitrogens with two attached hydrogens (primary N) is 1. The Kier molecular flexibility index (Phi) is 5.07. The van der Waals surface area contributed by atoms with Crippen LogP contribution in [0.4, 0.5) is 13.2 Å². The molecule has 1 aromatic rings. The smallest absolute Gasteiger partial charge is 0.289 e. The maximum absolute atomic E-state index is 12.9. The fourth-order valence-corrected chi connectivity index (χ4v) is 1.04. The second-order valence-electron chi connectivity index (χ2n) is 2.95. The molecule has 1 rings (SSSR count). The number of alkyl halides is 2. The van der Waals surface area contributed by atoms with Crippen molar-refractivity contribution in [1.29, 1.82) is 0 Å². The van der Waals surface area contributed by atoms with E-state index in [1.807, 2.05) is 0 Å². The second-order valence-corrected chi connectivity index (χ2v) is 2.95. The first-order valence-corrected chi connectivity index (χ1v) is 3.97. The topological polar surface area (TPSA) is 46.2 Å². The van der Waals surface area contributed by atoms with Crippen LogP contribution in [0.25, 0.3) is 0 Å². The van der Waals surface area contributed by atoms with Gasteiger partial charge in [0.1, 0.15) is 12.4 Å². The maximum Gasteiger partial charge on any atom is 0.289 e. The first-order valence-electron chi connectivity index (χ1n) is 3.97. The summed E-state index contributed by atoms with van der Waals surface area (Å²) in [5.74, 6) is -4.07. The quantitative estimate of drug-likeness (QED) is 0.849. The van der Waals surface area contributed by atoms with E-state index < -0.39 is 24.4 Å². The zero-order chi connectivity index (χ0) is 10.8. The lowest BCUT2D eigenvalue weighted by Crippen LogP contribution is -2.36. The van der Waals surface area contributed by atoms with Gasteiger partial charge in [-0.3, -0.25) is 0 Å². The molecule has 6 heteroatoms. The standard InChI is InChI=1S/C9H10F3NO.ClH/c10-7-3-1-2-6(4-7)8(13)9(11,12)5-14;/h1-4,8,14H,5,13H2;1H/t8-;/m0./s1. The minimum absolute atomic E-state index is 0. The number of aliphatic hydroxyl groups is 1. The molecule has 0 heterocycles. The molecule has 86 valence electrons. The average Bonchev–Trinajstić information content (AvgIpc) is 2.16. The second kappa shape index (κ2) is 5.34. The maximum atomic E-state index is 12.9. The van der Waals surface area contributed by atoms with E-state index in [9.17, 15) is 13.2 Å². The predicted octanol–water partition coefficient (Wildman–Crippen LogP) is 1.87. The summed E-state index contributed by atoms with van der Waals surface area (Å²) in [4.78, 5) is 0. The Morgan fingerprint density at radius 3 is 2.47 bits per heavy atom. The molecule has 0 aromatic heterocycles. The Morgan fingerprint density at radius 2 is 2.00 bits per heavy atom. The van der Waals surface area contributed by atoms with Crippen LogP contribution < -0.4 is 5.73 Å². The van der Waals surface area contributed by atoms with E-state index in [2.05, 4.69) is 0 Å². The lowest BCUT2D eigenvalue weighted by molar-refractivity contribution is -0.0712. The van der Waals surface area contributed by atoms with Crippen LogP contribution in [0.1, 0.15) is 11.6 Å². The van der Waals surface area contributed by atoms with Crippen LogP contribution in [0.15, 0.2) is 24.3 Å². The van der Waals surface area contributed by atoms with Crippen LogP contribution in [-0.2, 0) is 0 Å². The molecule has 15 heavy (non-hydrogen) atoms. The highest BCUT2D eigenvalue weighted by Gasteiger charge is 2.37. The Balaban J connectivity index is 0.00000196. The molecule has 0 radical (unpaired) electrons. The van der Waals surface area contributed by atoms with E-state index in [0.29, 0.717) is 0 Å². The Morgan fingerprint density at radius 1 is 1.40 bits per heavy atom. The monoisotopic (exact) mass is 241 g/mol. The normalized spacial score (nSPS) is 13.1. The van der Waals surface area contributed by atoms with Gasteiger partial charge in [0.05, 0.1) is 6.04 Å². The van der Waals surface area contributed by atoms with Crippen LogP contribution in [0.3, 0.4) is 0 Å². The molecule has 3 N–H and O–H groups in total.